The molecule has 5 nitrogen and oxygen atoms in total. The molecule has 0 spiro atoms. The quantitative estimate of drug-likeness (QED) is 0.789. The molecule has 0 aliphatic rings. The van der Waals surface area contributed by atoms with E-state index >= 15 is 0 Å². The highest BCUT2D eigenvalue weighted by Crippen LogP contribution is 2.32. The number of carbonyl (C=O) groups is 1. The van der Waals surface area contributed by atoms with Crippen LogP contribution in [-0.2, 0) is 11.3 Å². The summed E-state index contributed by atoms with van der Waals surface area (Å²) < 4.78 is 1.36. The van der Waals surface area contributed by atoms with Crippen molar-refractivity contribution in [3.8, 4) is 11.3 Å². The minimum absolute atomic E-state index is 0.0226. The first-order valence-electron chi connectivity index (χ1n) is 7.01. The number of nitrogens with one attached hydrogen (secondary N) is 1. The summed E-state index contributed by atoms with van der Waals surface area (Å²) in [6.45, 7) is 4.10. The van der Waals surface area contributed by atoms with Gasteiger partial charge in [0.25, 0.3) is 5.56 Å². The van der Waals surface area contributed by atoms with Gasteiger partial charge in [-0.25, -0.2) is 4.98 Å². The summed E-state index contributed by atoms with van der Waals surface area (Å²) in [6.07, 6.45) is 1.59. The van der Waals surface area contributed by atoms with Crippen molar-refractivity contribution in [3.05, 3.63) is 56.0 Å². The van der Waals surface area contributed by atoms with E-state index in [0.29, 0.717) is 5.13 Å². The van der Waals surface area contributed by atoms with E-state index in [1.54, 1.807) is 29.7 Å². The lowest BCUT2D eigenvalue weighted by atomic mass is 10.2. The van der Waals surface area contributed by atoms with Gasteiger partial charge in [0.2, 0.25) is 5.91 Å². The molecule has 0 saturated heterocycles. The first-order chi connectivity index (χ1) is 11.0. The summed E-state index contributed by atoms with van der Waals surface area (Å²) in [7, 11) is 0. The van der Waals surface area contributed by atoms with E-state index in [4.69, 9.17) is 0 Å². The van der Waals surface area contributed by atoms with Crippen LogP contribution in [0.5, 0.6) is 0 Å². The molecule has 3 aromatic rings. The van der Waals surface area contributed by atoms with Gasteiger partial charge in [0.15, 0.2) is 5.13 Å². The Morgan fingerprint density at radius 2 is 2.17 bits per heavy atom. The molecule has 0 aliphatic carbocycles. The van der Waals surface area contributed by atoms with E-state index in [-0.39, 0.29) is 18.0 Å². The average Bonchev–Trinajstić information content (AvgIpc) is 3.07. The molecule has 1 N–H and O–H groups in total. The third-order valence-electron chi connectivity index (χ3n) is 3.28. The fourth-order valence-corrected chi connectivity index (χ4v) is 3.90. The van der Waals surface area contributed by atoms with E-state index in [9.17, 15) is 9.59 Å². The predicted molar refractivity (Wildman–Crippen MR) is 94.2 cm³/mol. The van der Waals surface area contributed by atoms with Gasteiger partial charge in [-0.1, -0.05) is 6.07 Å². The van der Waals surface area contributed by atoms with Crippen molar-refractivity contribution < 1.29 is 4.79 Å². The second-order valence-electron chi connectivity index (χ2n) is 5.08. The van der Waals surface area contributed by atoms with Crippen molar-refractivity contribution in [1.82, 2.24) is 9.55 Å². The third-order valence-corrected chi connectivity index (χ3v) is 5.00. The Labute approximate surface area is 141 Å². The number of amides is 1. The number of nitrogens with zero attached hydrogens (tertiary/aromatic N) is 2. The lowest BCUT2D eigenvalue weighted by molar-refractivity contribution is -0.116. The van der Waals surface area contributed by atoms with E-state index in [2.05, 4.69) is 30.2 Å². The van der Waals surface area contributed by atoms with Crippen LogP contribution >= 0.6 is 22.7 Å². The lowest BCUT2D eigenvalue weighted by Gasteiger charge is -2.04. The highest BCUT2D eigenvalue weighted by molar-refractivity contribution is 7.14. The zero-order chi connectivity index (χ0) is 16.4. The van der Waals surface area contributed by atoms with Gasteiger partial charge in [-0.15, -0.1) is 22.7 Å². The molecule has 0 radical (unpaired) electrons. The first kappa shape index (κ1) is 15.6. The van der Waals surface area contributed by atoms with E-state index in [0.717, 1.165) is 11.3 Å². The summed E-state index contributed by atoms with van der Waals surface area (Å²) in [5, 5.41) is 5.21. The van der Waals surface area contributed by atoms with E-state index in [1.165, 1.54) is 31.7 Å². The highest BCUT2D eigenvalue weighted by Gasteiger charge is 2.12. The van der Waals surface area contributed by atoms with Crippen molar-refractivity contribution in [2.75, 3.05) is 5.32 Å². The SMILES string of the molecule is Cc1cc(-c2csc(NC(=O)Cn3ccccc3=O)n2)c(C)s1. The van der Waals surface area contributed by atoms with Crippen LogP contribution in [0.15, 0.2) is 40.6 Å². The Hall–Kier alpha value is -2.25. The molecule has 0 aromatic carbocycles. The molecule has 23 heavy (non-hydrogen) atoms. The molecule has 3 aromatic heterocycles. The lowest BCUT2D eigenvalue weighted by Crippen LogP contribution is -2.26. The van der Waals surface area contributed by atoms with Crippen LogP contribution in [0.25, 0.3) is 11.3 Å². The monoisotopic (exact) mass is 345 g/mol. The van der Waals surface area contributed by atoms with Gasteiger partial charge in [0, 0.05) is 33.0 Å². The molecule has 0 saturated carbocycles. The molecule has 0 bridgehead atoms. The molecular formula is C16H15N3O2S2. The summed E-state index contributed by atoms with van der Waals surface area (Å²) in [4.78, 5) is 30.6. The van der Waals surface area contributed by atoms with Gasteiger partial charge >= 0.3 is 0 Å². The molecule has 0 unspecified atom stereocenters. The van der Waals surface area contributed by atoms with Crippen LogP contribution in [0.1, 0.15) is 9.75 Å². The largest absolute Gasteiger partial charge is 0.306 e. The zero-order valence-electron chi connectivity index (χ0n) is 12.7. The molecule has 7 heteroatoms. The number of carbonyl (C=O) groups excluding carboxylic acids is 1. The fraction of sp³-hybridized carbons (Fsp3) is 0.188. The molecule has 0 aliphatic heterocycles. The molecule has 118 valence electrons. The number of aromatic nitrogens is 2. The standard InChI is InChI=1S/C16H15N3O2S2/c1-10-7-12(11(2)23-10)13-9-22-16(17-13)18-14(20)8-19-6-4-3-5-15(19)21/h3-7,9H,8H2,1-2H3,(H,17,18,20). The smallest absolute Gasteiger partial charge is 0.250 e. The van der Waals surface area contributed by atoms with Gasteiger partial charge in [-0.3, -0.25) is 9.59 Å². The number of hydrogen-bond donors (Lipinski definition) is 1. The normalized spacial score (nSPS) is 10.7. The Balaban J connectivity index is 1.72. The van der Waals surface area contributed by atoms with E-state index in [1.807, 2.05) is 5.38 Å². The average molecular weight is 345 g/mol. The summed E-state index contributed by atoms with van der Waals surface area (Å²) in [5.74, 6) is -0.266. The molecule has 3 heterocycles. The Kier molecular flexibility index (Phi) is 4.40. The van der Waals surface area contributed by atoms with E-state index < -0.39 is 0 Å². The summed E-state index contributed by atoms with van der Waals surface area (Å²) in [5.41, 5.74) is 1.76. The molecule has 0 atom stereocenters. The minimum Gasteiger partial charge on any atom is -0.306 e. The van der Waals surface area contributed by atoms with Crippen LogP contribution in [0, 0.1) is 13.8 Å². The molecule has 1 amide bonds. The number of rotatable bonds is 4. The fourth-order valence-electron chi connectivity index (χ4n) is 2.24. The van der Waals surface area contributed by atoms with Crippen molar-refractivity contribution in [2.24, 2.45) is 0 Å². The van der Waals surface area contributed by atoms with Crippen LogP contribution < -0.4 is 10.9 Å². The second kappa shape index (κ2) is 6.47. The highest BCUT2D eigenvalue weighted by atomic mass is 32.1. The number of thiazole rings is 1. The van der Waals surface area contributed by atoms with Gasteiger partial charge in [-0.05, 0) is 26.0 Å². The maximum absolute atomic E-state index is 12.0. The summed E-state index contributed by atoms with van der Waals surface area (Å²) in [6, 6.07) is 6.90. The molecule has 3 rings (SSSR count). The number of hydrogen-bond acceptors (Lipinski definition) is 5. The second-order valence-corrected chi connectivity index (χ2v) is 7.40. The number of pyridine rings is 1. The van der Waals surface area contributed by atoms with Crippen molar-refractivity contribution in [3.63, 3.8) is 0 Å². The van der Waals surface area contributed by atoms with Crippen LogP contribution in [0.4, 0.5) is 5.13 Å². The van der Waals surface area contributed by atoms with Crippen molar-refractivity contribution >= 4 is 33.7 Å². The molecular weight excluding hydrogens is 330 g/mol. The number of aryl methyl sites for hydroxylation is 2. The maximum atomic E-state index is 12.0. The Bertz CT molecular complexity index is 908. The van der Waals surface area contributed by atoms with Crippen LogP contribution in [0.2, 0.25) is 0 Å². The van der Waals surface area contributed by atoms with Crippen LogP contribution in [0.3, 0.4) is 0 Å². The Morgan fingerprint density at radius 1 is 1.35 bits per heavy atom. The predicted octanol–water partition coefficient (Wildman–Crippen LogP) is 3.29. The summed E-state index contributed by atoms with van der Waals surface area (Å²) >= 11 is 3.11. The third kappa shape index (κ3) is 3.57. The maximum Gasteiger partial charge on any atom is 0.250 e. The first-order valence-corrected chi connectivity index (χ1v) is 8.71. The van der Waals surface area contributed by atoms with Gasteiger partial charge in [0.05, 0.1) is 5.69 Å². The number of anilines is 1. The van der Waals surface area contributed by atoms with Crippen molar-refractivity contribution in [2.45, 2.75) is 20.4 Å². The number of thiophene rings is 1. The van der Waals surface area contributed by atoms with Crippen LogP contribution in [-0.4, -0.2) is 15.5 Å². The van der Waals surface area contributed by atoms with Gasteiger partial charge in [-0.2, -0.15) is 0 Å². The zero-order valence-corrected chi connectivity index (χ0v) is 14.3. The Morgan fingerprint density at radius 3 is 2.87 bits per heavy atom. The van der Waals surface area contributed by atoms with Crippen molar-refractivity contribution in [1.29, 1.82) is 0 Å². The van der Waals surface area contributed by atoms with Gasteiger partial charge < -0.3 is 9.88 Å². The minimum atomic E-state index is -0.266. The molecule has 0 fully saturated rings. The topological polar surface area (TPSA) is 64.0 Å². The van der Waals surface area contributed by atoms with Gasteiger partial charge in [0.1, 0.15) is 6.54 Å².